The van der Waals surface area contributed by atoms with Gasteiger partial charge in [-0.15, -0.1) is 0 Å². The average molecular weight is 315 g/mol. The highest BCUT2D eigenvalue weighted by Crippen LogP contribution is 2.31. The minimum absolute atomic E-state index is 0.100. The lowest BCUT2D eigenvalue weighted by Gasteiger charge is -2.21. The number of methoxy groups -OCH3 is 2. The quantitative estimate of drug-likeness (QED) is 0.786. The van der Waals surface area contributed by atoms with Crippen LogP contribution in [0.3, 0.4) is 0 Å². The third kappa shape index (κ3) is 4.47. The van der Waals surface area contributed by atoms with Crippen molar-refractivity contribution in [2.45, 2.75) is 19.4 Å². The molecule has 0 aromatic heterocycles. The van der Waals surface area contributed by atoms with Crippen LogP contribution < -0.4 is 14.8 Å². The average Bonchev–Trinajstić information content (AvgIpc) is 2.59. The molecule has 0 saturated heterocycles. The van der Waals surface area contributed by atoms with E-state index in [1.54, 1.807) is 14.2 Å². The summed E-state index contributed by atoms with van der Waals surface area (Å²) in [5, 5.41) is 12.6. The van der Waals surface area contributed by atoms with E-state index < -0.39 is 0 Å². The van der Waals surface area contributed by atoms with Crippen LogP contribution in [0.2, 0.25) is 0 Å². The SMILES string of the molecule is COc1ccc(C(Cc2ccccc2C)NCCO)cc1OC. The second-order valence-electron chi connectivity index (χ2n) is 5.48. The normalized spacial score (nSPS) is 12.0. The number of nitrogens with one attached hydrogen (secondary N) is 1. The third-order valence-electron chi connectivity index (χ3n) is 4.00. The number of aliphatic hydroxyl groups is 1. The van der Waals surface area contributed by atoms with Gasteiger partial charge in [0, 0.05) is 12.6 Å². The van der Waals surface area contributed by atoms with E-state index in [-0.39, 0.29) is 12.6 Å². The molecule has 0 aliphatic carbocycles. The largest absolute Gasteiger partial charge is 0.493 e. The number of hydrogen-bond acceptors (Lipinski definition) is 4. The molecule has 1 unspecified atom stereocenters. The fraction of sp³-hybridized carbons (Fsp3) is 0.368. The van der Waals surface area contributed by atoms with E-state index in [1.807, 2.05) is 24.3 Å². The number of aryl methyl sites for hydroxylation is 1. The van der Waals surface area contributed by atoms with E-state index in [0.29, 0.717) is 18.0 Å². The van der Waals surface area contributed by atoms with Crippen molar-refractivity contribution in [2.24, 2.45) is 0 Å². The molecule has 4 heteroatoms. The molecule has 0 bridgehead atoms. The molecule has 0 heterocycles. The van der Waals surface area contributed by atoms with Crippen molar-refractivity contribution in [3.05, 3.63) is 59.2 Å². The van der Waals surface area contributed by atoms with Crippen molar-refractivity contribution < 1.29 is 14.6 Å². The zero-order chi connectivity index (χ0) is 16.7. The molecule has 0 saturated carbocycles. The molecule has 0 fully saturated rings. The summed E-state index contributed by atoms with van der Waals surface area (Å²) in [5.74, 6) is 1.43. The first-order valence-electron chi connectivity index (χ1n) is 7.80. The van der Waals surface area contributed by atoms with Gasteiger partial charge in [0.1, 0.15) is 0 Å². The van der Waals surface area contributed by atoms with Crippen LogP contribution in [0.4, 0.5) is 0 Å². The molecule has 0 aliphatic heterocycles. The smallest absolute Gasteiger partial charge is 0.161 e. The number of benzene rings is 2. The monoisotopic (exact) mass is 315 g/mol. The summed E-state index contributed by atoms with van der Waals surface area (Å²) in [7, 11) is 3.27. The maximum Gasteiger partial charge on any atom is 0.161 e. The van der Waals surface area contributed by atoms with Crippen molar-refractivity contribution in [3.63, 3.8) is 0 Å². The van der Waals surface area contributed by atoms with Crippen molar-refractivity contribution in [3.8, 4) is 11.5 Å². The van der Waals surface area contributed by atoms with Crippen molar-refractivity contribution in [1.29, 1.82) is 0 Å². The number of hydrogen-bond donors (Lipinski definition) is 2. The molecule has 2 aromatic carbocycles. The Hall–Kier alpha value is -2.04. The Kier molecular flexibility index (Phi) is 6.44. The van der Waals surface area contributed by atoms with Gasteiger partial charge in [0.15, 0.2) is 11.5 Å². The topological polar surface area (TPSA) is 50.7 Å². The van der Waals surface area contributed by atoms with Crippen molar-refractivity contribution >= 4 is 0 Å². The van der Waals surface area contributed by atoms with Gasteiger partial charge in [0.25, 0.3) is 0 Å². The number of aliphatic hydroxyl groups excluding tert-OH is 1. The zero-order valence-corrected chi connectivity index (χ0v) is 14.0. The highest BCUT2D eigenvalue weighted by molar-refractivity contribution is 5.44. The fourth-order valence-corrected chi connectivity index (χ4v) is 2.68. The van der Waals surface area contributed by atoms with E-state index in [1.165, 1.54) is 11.1 Å². The summed E-state index contributed by atoms with van der Waals surface area (Å²) >= 11 is 0. The van der Waals surface area contributed by atoms with Gasteiger partial charge < -0.3 is 19.9 Å². The van der Waals surface area contributed by atoms with Crippen LogP contribution in [-0.2, 0) is 6.42 Å². The molecule has 2 aromatic rings. The molecule has 0 aliphatic rings. The van der Waals surface area contributed by atoms with Gasteiger partial charge in [0.05, 0.1) is 20.8 Å². The maximum atomic E-state index is 9.16. The molecule has 2 N–H and O–H groups in total. The predicted molar refractivity (Wildman–Crippen MR) is 92.3 cm³/mol. The molecule has 1 atom stereocenters. The Morgan fingerprint density at radius 2 is 1.78 bits per heavy atom. The third-order valence-corrected chi connectivity index (χ3v) is 4.00. The molecule has 23 heavy (non-hydrogen) atoms. The minimum Gasteiger partial charge on any atom is -0.493 e. The summed E-state index contributed by atoms with van der Waals surface area (Å²) in [6.07, 6.45) is 0.849. The standard InChI is InChI=1S/C19H25NO3/c1-14-6-4-5-7-15(14)12-17(20-10-11-21)16-8-9-18(22-2)19(13-16)23-3/h4-9,13,17,20-21H,10-12H2,1-3H3. The molecule has 0 amide bonds. The summed E-state index contributed by atoms with van der Waals surface area (Å²) in [6, 6.07) is 14.4. The Morgan fingerprint density at radius 3 is 2.43 bits per heavy atom. The summed E-state index contributed by atoms with van der Waals surface area (Å²) in [5.41, 5.74) is 3.67. The van der Waals surface area contributed by atoms with Crippen LogP contribution in [0.25, 0.3) is 0 Å². The summed E-state index contributed by atoms with van der Waals surface area (Å²) in [6.45, 7) is 2.77. The molecule has 0 spiro atoms. The second kappa shape index (κ2) is 8.56. The van der Waals surface area contributed by atoms with Gasteiger partial charge in [-0.05, 0) is 42.2 Å². The Balaban J connectivity index is 2.29. The second-order valence-corrected chi connectivity index (χ2v) is 5.48. The van der Waals surface area contributed by atoms with E-state index in [2.05, 4.69) is 30.4 Å². The highest BCUT2D eigenvalue weighted by atomic mass is 16.5. The predicted octanol–water partition coefficient (Wildman–Crippen LogP) is 2.88. The maximum absolute atomic E-state index is 9.16. The van der Waals surface area contributed by atoms with E-state index in [9.17, 15) is 0 Å². The molecule has 0 radical (unpaired) electrons. The van der Waals surface area contributed by atoms with Crippen LogP contribution in [0.15, 0.2) is 42.5 Å². The van der Waals surface area contributed by atoms with E-state index >= 15 is 0 Å². The lowest BCUT2D eigenvalue weighted by molar-refractivity contribution is 0.284. The Labute approximate surface area is 138 Å². The first-order valence-corrected chi connectivity index (χ1v) is 7.80. The summed E-state index contributed by atoms with van der Waals surface area (Å²) in [4.78, 5) is 0. The Bertz CT molecular complexity index is 628. The van der Waals surface area contributed by atoms with Crippen molar-refractivity contribution in [1.82, 2.24) is 5.32 Å². The number of ether oxygens (including phenoxy) is 2. The lowest BCUT2D eigenvalue weighted by atomic mass is 9.95. The summed E-state index contributed by atoms with van der Waals surface area (Å²) < 4.78 is 10.7. The van der Waals surface area contributed by atoms with Gasteiger partial charge >= 0.3 is 0 Å². The lowest BCUT2D eigenvalue weighted by Crippen LogP contribution is -2.26. The highest BCUT2D eigenvalue weighted by Gasteiger charge is 2.15. The first-order chi connectivity index (χ1) is 11.2. The van der Waals surface area contributed by atoms with Gasteiger partial charge in [0.2, 0.25) is 0 Å². The van der Waals surface area contributed by atoms with Crippen LogP contribution in [-0.4, -0.2) is 32.5 Å². The molecule has 4 nitrogen and oxygen atoms in total. The molecular weight excluding hydrogens is 290 g/mol. The van der Waals surface area contributed by atoms with Gasteiger partial charge in [-0.3, -0.25) is 0 Å². The first kappa shape index (κ1) is 17.3. The fourth-order valence-electron chi connectivity index (χ4n) is 2.68. The van der Waals surface area contributed by atoms with E-state index in [0.717, 1.165) is 12.0 Å². The van der Waals surface area contributed by atoms with Gasteiger partial charge in [-0.2, -0.15) is 0 Å². The van der Waals surface area contributed by atoms with Crippen LogP contribution in [0.1, 0.15) is 22.7 Å². The molecule has 2 rings (SSSR count). The zero-order valence-electron chi connectivity index (χ0n) is 14.0. The molecular formula is C19H25NO3. The van der Waals surface area contributed by atoms with Gasteiger partial charge in [-0.1, -0.05) is 30.3 Å². The van der Waals surface area contributed by atoms with E-state index in [4.69, 9.17) is 14.6 Å². The van der Waals surface area contributed by atoms with Crippen LogP contribution in [0, 0.1) is 6.92 Å². The van der Waals surface area contributed by atoms with Crippen LogP contribution >= 0.6 is 0 Å². The minimum atomic E-state index is 0.100. The Morgan fingerprint density at radius 1 is 1.04 bits per heavy atom. The number of rotatable bonds is 8. The van der Waals surface area contributed by atoms with Crippen molar-refractivity contribution in [2.75, 3.05) is 27.4 Å². The van der Waals surface area contributed by atoms with Crippen LogP contribution in [0.5, 0.6) is 11.5 Å². The molecule has 124 valence electrons. The van der Waals surface area contributed by atoms with Gasteiger partial charge in [-0.25, -0.2) is 0 Å².